The third-order valence-electron chi connectivity index (χ3n) is 2.76. The Hall–Kier alpha value is -2.22. The second kappa shape index (κ2) is 5.41. The van der Waals surface area contributed by atoms with Crippen LogP contribution in [-0.2, 0) is 0 Å². The van der Waals surface area contributed by atoms with Crippen molar-refractivity contribution in [3.05, 3.63) is 49.7 Å². The molecule has 0 bridgehead atoms. The minimum Gasteiger partial charge on any atom is -0.316 e. The number of aromatic nitrogens is 2. The van der Waals surface area contributed by atoms with Crippen LogP contribution in [0.15, 0.2) is 22.7 Å². The van der Waals surface area contributed by atoms with Crippen LogP contribution >= 0.6 is 15.9 Å². The zero-order valence-corrected chi connectivity index (χ0v) is 12.3. The molecule has 0 atom stereocenters. The van der Waals surface area contributed by atoms with Crippen molar-refractivity contribution in [3.63, 3.8) is 0 Å². The molecule has 0 aliphatic heterocycles. The third kappa shape index (κ3) is 2.69. The molecule has 104 valence electrons. The Kier molecular flexibility index (Phi) is 3.84. The van der Waals surface area contributed by atoms with Gasteiger partial charge in [0.05, 0.1) is 16.2 Å². The van der Waals surface area contributed by atoms with Crippen LogP contribution in [0.5, 0.6) is 0 Å². The quantitative estimate of drug-likeness (QED) is 0.663. The maximum Gasteiger partial charge on any atom is 0.293 e. The number of halogens is 1. The number of carbonyl (C=O) groups excluding carboxylic acids is 1. The summed E-state index contributed by atoms with van der Waals surface area (Å²) < 4.78 is 0.567. The molecule has 0 fully saturated rings. The number of rotatable bonds is 3. The Morgan fingerprint density at radius 2 is 2.15 bits per heavy atom. The fourth-order valence-electron chi connectivity index (χ4n) is 1.83. The van der Waals surface area contributed by atoms with Gasteiger partial charge in [-0.05, 0) is 26.0 Å². The van der Waals surface area contributed by atoms with Gasteiger partial charge in [0.2, 0.25) is 0 Å². The van der Waals surface area contributed by atoms with E-state index in [1.54, 1.807) is 19.9 Å². The van der Waals surface area contributed by atoms with Crippen LogP contribution in [0.3, 0.4) is 0 Å². The van der Waals surface area contributed by atoms with Crippen molar-refractivity contribution in [3.8, 4) is 0 Å². The van der Waals surface area contributed by atoms with Crippen LogP contribution in [0.1, 0.15) is 21.7 Å². The highest BCUT2D eigenvalue weighted by molar-refractivity contribution is 9.10. The maximum absolute atomic E-state index is 12.2. The molecule has 0 radical (unpaired) electrons. The second-order valence-corrected chi connectivity index (χ2v) is 5.10. The topological polar surface area (TPSA) is 101 Å². The van der Waals surface area contributed by atoms with E-state index >= 15 is 0 Å². The summed E-state index contributed by atoms with van der Waals surface area (Å²) in [4.78, 5) is 22.6. The van der Waals surface area contributed by atoms with E-state index in [-0.39, 0.29) is 11.4 Å². The molecule has 1 aromatic carbocycles. The molecule has 8 heteroatoms. The molecule has 0 aliphatic rings. The van der Waals surface area contributed by atoms with Crippen LogP contribution in [-0.4, -0.2) is 21.0 Å². The number of aryl methyl sites for hydroxylation is 2. The van der Waals surface area contributed by atoms with E-state index in [4.69, 9.17) is 0 Å². The van der Waals surface area contributed by atoms with Crippen molar-refractivity contribution < 1.29 is 9.72 Å². The first-order valence-corrected chi connectivity index (χ1v) is 6.46. The summed E-state index contributed by atoms with van der Waals surface area (Å²) in [7, 11) is 0. The number of nitro groups is 1. The van der Waals surface area contributed by atoms with Crippen LogP contribution in [0.2, 0.25) is 0 Å². The summed E-state index contributed by atoms with van der Waals surface area (Å²) in [6.07, 6.45) is 0. The SMILES string of the molecule is Cc1n[nH]c(C)c1C(=O)Nc1ccc(Br)cc1[N+](=O)[O-]. The second-order valence-electron chi connectivity index (χ2n) is 4.18. The first-order chi connectivity index (χ1) is 9.40. The Morgan fingerprint density at radius 1 is 1.45 bits per heavy atom. The predicted molar refractivity (Wildman–Crippen MR) is 76.8 cm³/mol. The van der Waals surface area contributed by atoms with Gasteiger partial charge in [-0.3, -0.25) is 20.0 Å². The molecule has 2 rings (SSSR count). The predicted octanol–water partition coefficient (Wildman–Crippen LogP) is 2.95. The largest absolute Gasteiger partial charge is 0.316 e. The van der Waals surface area contributed by atoms with Crippen molar-refractivity contribution >= 4 is 33.2 Å². The van der Waals surface area contributed by atoms with E-state index in [2.05, 4.69) is 31.4 Å². The number of nitro benzene ring substituents is 1. The van der Waals surface area contributed by atoms with Crippen molar-refractivity contribution in [1.29, 1.82) is 0 Å². The van der Waals surface area contributed by atoms with Crippen LogP contribution in [0.25, 0.3) is 0 Å². The molecular weight excluding hydrogens is 328 g/mol. The fraction of sp³-hybridized carbons (Fsp3) is 0.167. The molecule has 2 N–H and O–H groups in total. The molecular formula is C12H11BrN4O3. The average molecular weight is 339 g/mol. The Balaban J connectivity index is 2.36. The Bertz CT molecular complexity index is 677. The van der Waals surface area contributed by atoms with Gasteiger partial charge in [-0.15, -0.1) is 0 Å². The monoisotopic (exact) mass is 338 g/mol. The molecule has 0 aliphatic carbocycles. The number of amides is 1. The number of aromatic amines is 1. The van der Waals surface area contributed by atoms with E-state index in [0.717, 1.165) is 0 Å². The lowest BCUT2D eigenvalue weighted by atomic mass is 10.1. The van der Waals surface area contributed by atoms with E-state index in [1.807, 2.05) is 0 Å². The molecule has 1 heterocycles. The Labute approximate surface area is 122 Å². The minimum atomic E-state index is -0.546. The average Bonchev–Trinajstić information content (AvgIpc) is 2.71. The molecule has 7 nitrogen and oxygen atoms in total. The van der Waals surface area contributed by atoms with E-state index in [0.29, 0.717) is 21.4 Å². The first-order valence-electron chi connectivity index (χ1n) is 5.67. The number of hydrogen-bond acceptors (Lipinski definition) is 4. The number of hydrogen-bond donors (Lipinski definition) is 2. The lowest BCUT2D eigenvalue weighted by molar-refractivity contribution is -0.384. The van der Waals surface area contributed by atoms with Crippen LogP contribution < -0.4 is 5.32 Å². The van der Waals surface area contributed by atoms with Crippen molar-refractivity contribution in [2.24, 2.45) is 0 Å². The first kappa shape index (κ1) is 14.2. The molecule has 20 heavy (non-hydrogen) atoms. The zero-order valence-electron chi connectivity index (χ0n) is 10.7. The molecule has 1 aromatic heterocycles. The molecule has 0 unspecified atom stereocenters. The van der Waals surface area contributed by atoms with Gasteiger partial charge in [-0.1, -0.05) is 15.9 Å². The maximum atomic E-state index is 12.2. The minimum absolute atomic E-state index is 0.142. The van der Waals surface area contributed by atoms with Gasteiger partial charge in [-0.25, -0.2) is 0 Å². The summed E-state index contributed by atoms with van der Waals surface area (Å²) in [6.45, 7) is 3.40. The van der Waals surface area contributed by atoms with Crippen molar-refractivity contribution in [2.45, 2.75) is 13.8 Å². The van der Waals surface area contributed by atoms with E-state index < -0.39 is 10.8 Å². The highest BCUT2D eigenvalue weighted by Crippen LogP contribution is 2.28. The van der Waals surface area contributed by atoms with E-state index in [9.17, 15) is 14.9 Å². The smallest absolute Gasteiger partial charge is 0.293 e. The number of H-pyrrole nitrogens is 1. The van der Waals surface area contributed by atoms with Crippen molar-refractivity contribution in [2.75, 3.05) is 5.32 Å². The third-order valence-corrected chi connectivity index (χ3v) is 3.25. The van der Waals surface area contributed by atoms with Gasteiger partial charge in [0.25, 0.3) is 11.6 Å². The Morgan fingerprint density at radius 3 is 2.70 bits per heavy atom. The van der Waals surface area contributed by atoms with Crippen LogP contribution in [0, 0.1) is 24.0 Å². The summed E-state index contributed by atoms with van der Waals surface area (Å²) >= 11 is 3.16. The molecule has 0 saturated heterocycles. The van der Waals surface area contributed by atoms with Gasteiger partial charge in [0, 0.05) is 16.2 Å². The lowest BCUT2D eigenvalue weighted by Gasteiger charge is -2.06. The standard InChI is InChI=1S/C12H11BrN4O3/c1-6-11(7(2)16-15-6)12(18)14-9-4-3-8(13)5-10(9)17(19)20/h3-5H,1-2H3,(H,14,18)(H,15,16). The van der Waals surface area contributed by atoms with Gasteiger partial charge < -0.3 is 5.32 Å². The summed E-state index contributed by atoms with van der Waals surface area (Å²) in [5.74, 6) is -0.431. The summed E-state index contributed by atoms with van der Waals surface area (Å²) in [5, 5.41) is 20.2. The van der Waals surface area contributed by atoms with Gasteiger partial charge in [-0.2, -0.15) is 5.10 Å². The molecule has 0 spiro atoms. The van der Waals surface area contributed by atoms with Crippen LogP contribution in [0.4, 0.5) is 11.4 Å². The highest BCUT2D eigenvalue weighted by Gasteiger charge is 2.20. The molecule has 1 amide bonds. The number of benzene rings is 1. The van der Waals surface area contributed by atoms with Gasteiger partial charge in [0.1, 0.15) is 5.69 Å². The fourth-order valence-corrected chi connectivity index (χ4v) is 2.18. The summed E-state index contributed by atoms with van der Waals surface area (Å²) in [5.41, 5.74) is 1.51. The number of nitrogens with one attached hydrogen (secondary N) is 2. The van der Waals surface area contributed by atoms with Gasteiger partial charge >= 0.3 is 0 Å². The van der Waals surface area contributed by atoms with Gasteiger partial charge in [0.15, 0.2) is 0 Å². The highest BCUT2D eigenvalue weighted by atomic mass is 79.9. The summed E-state index contributed by atoms with van der Waals surface area (Å²) in [6, 6.07) is 4.44. The number of anilines is 1. The van der Waals surface area contributed by atoms with Crippen molar-refractivity contribution in [1.82, 2.24) is 10.2 Å². The number of carbonyl (C=O) groups is 1. The lowest BCUT2D eigenvalue weighted by Crippen LogP contribution is -2.14. The number of nitrogens with zero attached hydrogens (tertiary/aromatic N) is 2. The molecule has 0 saturated carbocycles. The van der Waals surface area contributed by atoms with E-state index in [1.165, 1.54) is 12.1 Å². The normalized spacial score (nSPS) is 10.3. The molecule has 2 aromatic rings. The zero-order chi connectivity index (χ0) is 14.9.